The summed E-state index contributed by atoms with van der Waals surface area (Å²) in [6, 6.07) is 0. The van der Waals surface area contributed by atoms with E-state index in [0.29, 0.717) is 22.7 Å². The van der Waals surface area contributed by atoms with Crippen LogP contribution >= 0.6 is 0 Å². The zero-order chi connectivity index (χ0) is 25.3. The minimum Gasteiger partial charge on any atom is -0.393 e. The van der Waals surface area contributed by atoms with Gasteiger partial charge in [-0.05, 0) is 136 Å². The summed E-state index contributed by atoms with van der Waals surface area (Å²) < 4.78 is 0. The molecule has 0 aliphatic heterocycles. The van der Waals surface area contributed by atoms with Gasteiger partial charge in [0.2, 0.25) is 0 Å². The van der Waals surface area contributed by atoms with Crippen molar-refractivity contribution in [2.24, 2.45) is 51.8 Å². The van der Waals surface area contributed by atoms with Gasteiger partial charge in [0.05, 0.1) is 17.3 Å². The third kappa shape index (κ3) is 4.32. The van der Waals surface area contributed by atoms with Gasteiger partial charge in [-0.1, -0.05) is 41.5 Å². The third-order valence-corrected chi connectivity index (χ3v) is 12.5. The number of aliphatic hydroxyl groups excluding tert-OH is 1. The van der Waals surface area contributed by atoms with Gasteiger partial charge in [0.15, 0.2) is 0 Å². The van der Waals surface area contributed by atoms with Crippen molar-refractivity contribution < 1.29 is 15.3 Å². The Balaban J connectivity index is 1.46. The highest BCUT2D eigenvalue weighted by Gasteiger charge is 2.62. The van der Waals surface area contributed by atoms with Gasteiger partial charge in [-0.25, -0.2) is 0 Å². The lowest BCUT2D eigenvalue weighted by molar-refractivity contribution is -0.204. The van der Waals surface area contributed by atoms with Gasteiger partial charge in [-0.3, -0.25) is 0 Å². The second-order valence-electron chi connectivity index (χ2n) is 15.6. The lowest BCUT2D eigenvalue weighted by atomic mass is 9.43. The molecular weight excluding hydrogens is 420 g/mol. The fraction of sp³-hybridized carbons (Fsp3) is 1.00. The molecule has 0 heterocycles. The van der Waals surface area contributed by atoms with Crippen molar-refractivity contribution >= 4 is 0 Å². The van der Waals surface area contributed by atoms with E-state index >= 15 is 0 Å². The van der Waals surface area contributed by atoms with Crippen molar-refractivity contribution in [1.82, 2.24) is 0 Å². The highest BCUT2D eigenvalue weighted by atomic mass is 16.4. The molecule has 0 spiro atoms. The minimum atomic E-state index is -1.02. The maximum Gasteiger partial charge on any atom is 0.0930 e. The molecule has 0 aromatic heterocycles. The predicted octanol–water partition coefficient (Wildman–Crippen LogP) is 6.97. The molecule has 3 N–H and O–H groups in total. The molecule has 0 amide bonds. The van der Waals surface area contributed by atoms with Crippen molar-refractivity contribution in [3.63, 3.8) is 0 Å². The standard InChI is InChI=1S/C31H56O3/c1-20(9-14-26(32)27(2,3)4)23-12-13-24-22-11-10-21-19-31(34,28(5,6)33)18-17-29(21,7)25(22)15-16-30(23,24)8/h20-26,32-34H,9-19H2,1-8H3/t20-,21-,22+,23-,24+,25+,26-,29+,30-,31+/m1/s1. The van der Waals surface area contributed by atoms with Crippen LogP contribution in [0.5, 0.6) is 0 Å². The predicted molar refractivity (Wildman–Crippen MR) is 140 cm³/mol. The van der Waals surface area contributed by atoms with E-state index in [1.807, 2.05) is 0 Å². The molecule has 0 aromatic rings. The maximum atomic E-state index is 11.3. The third-order valence-electron chi connectivity index (χ3n) is 12.5. The Kier molecular flexibility index (Phi) is 6.91. The number of hydrogen-bond donors (Lipinski definition) is 3. The SMILES string of the molecule is C[C@H](CC[C@@H](O)C(C)(C)C)[C@H]1CC[C@H]2[C@@H]3CC[C@@H]4C[C@](O)(C(C)(C)O)CC[C@]4(C)[C@H]3CC[C@]12C. The van der Waals surface area contributed by atoms with Crippen LogP contribution in [-0.2, 0) is 0 Å². The first-order chi connectivity index (χ1) is 15.5. The Morgan fingerprint density at radius 1 is 0.824 bits per heavy atom. The van der Waals surface area contributed by atoms with Crippen LogP contribution in [0.2, 0.25) is 0 Å². The molecule has 4 rings (SSSR count). The van der Waals surface area contributed by atoms with Crippen molar-refractivity contribution in [2.45, 2.75) is 143 Å². The monoisotopic (exact) mass is 476 g/mol. The van der Waals surface area contributed by atoms with E-state index in [9.17, 15) is 15.3 Å². The Bertz CT molecular complexity index is 734. The summed E-state index contributed by atoms with van der Waals surface area (Å²) in [5, 5.41) is 32.6. The molecule has 4 aliphatic carbocycles. The Morgan fingerprint density at radius 3 is 2.09 bits per heavy atom. The smallest absolute Gasteiger partial charge is 0.0930 e. The highest BCUT2D eigenvalue weighted by molar-refractivity contribution is 5.12. The van der Waals surface area contributed by atoms with Crippen molar-refractivity contribution in [2.75, 3.05) is 0 Å². The molecule has 10 atom stereocenters. The minimum absolute atomic E-state index is 0.0225. The lowest BCUT2D eigenvalue weighted by Gasteiger charge is -2.63. The summed E-state index contributed by atoms with van der Waals surface area (Å²) in [6.45, 7) is 17.7. The molecule has 198 valence electrons. The fourth-order valence-electron chi connectivity index (χ4n) is 9.83. The van der Waals surface area contributed by atoms with E-state index in [1.54, 1.807) is 13.8 Å². The second kappa shape index (κ2) is 8.73. The molecule has 4 saturated carbocycles. The van der Waals surface area contributed by atoms with Gasteiger partial charge in [-0.15, -0.1) is 0 Å². The lowest BCUT2D eigenvalue weighted by Crippen LogP contribution is -2.60. The Labute approximate surface area is 210 Å². The van der Waals surface area contributed by atoms with Crippen molar-refractivity contribution in [1.29, 1.82) is 0 Å². The zero-order valence-electron chi connectivity index (χ0n) is 23.7. The van der Waals surface area contributed by atoms with E-state index in [1.165, 1.54) is 38.5 Å². The Morgan fingerprint density at radius 2 is 1.47 bits per heavy atom. The van der Waals surface area contributed by atoms with Crippen LogP contribution in [0.25, 0.3) is 0 Å². The number of hydrogen-bond acceptors (Lipinski definition) is 3. The molecule has 0 unspecified atom stereocenters. The molecular formula is C31H56O3. The molecule has 4 fully saturated rings. The summed E-state index contributed by atoms with van der Waals surface area (Å²) in [7, 11) is 0. The largest absolute Gasteiger partial charge is 0.393 e. The molecule has 0 radical (unpaired) electrons. The van der Waals surface area contributed by atoms with Crippen LogP contribution in [-0.4, -0.2) is 32.6 Å². The van der Waals surface area contributed by atoms with Crippen molar-refractivity contribution in [3.8, 4) is 0 Å². The Hall–Kier alpha value is -0.120. The van der Waals surface area contributed by atoms with Gasteiger partial charge >= 0.3 is 0 Å². The van der Waals surface area contributed by atoms with Crippen molar-refractivity contribution in [3.05, 3.63) is 0 Å². The topological polar surface area (TPSA) is 60.7 Å². The van der Waals surface area contributed by atoms with E-state index in [0.717, 1.165) is 55.8 Å². The summed E-state index contributed by atoms with van der Waals surface area (Å²) in [4.78, 5) is 0. The van der Waals surface area contributed by atoms with Gasteiger partial charge in [-0.2, -0.15) is 0 Å². The molecule has 4 aliphatic rings. The summed E-state index contributed by atoms with van der Waals surface area (Å²) >= 11 is 0. The summed E-state index contributed by atoms with van der Waals surface area (Å²) in [5.41, 5.74) is -1.20. The normalized spacial score (nSPS) is 46.9. The van der Waals surface area contributed by atoms with Crippen LogP contribution in [0, 0.1) is 51.8 Å². The average molecular weight is 477 g/mol. The molecule has 0 bridgehead atoms. The molecule has 0 saturated heterocycles. The number of aliphatic hydroxyl groups is 3. The quantitative estimate of drug-likeness (QED) is 0.401. The molecule has 0 aromatic carbocycles. The van der Waals surface area contributed by atoms with Gasteiger partial charge in [0.1, 0.15) is 0 Å². The van der Waals surface area contributed by atoms with Crippen LogP contribution < -0.4 is 0 Å². The summed E-state index contributed by atoms with van der Waals surface area (Å²) in [6.07, 6.45) is 12.4. The van der Waals surface area contributed by atoms with Gasteiger partial charge < -0.3 is 15.3 Å². The van der Waals surface area contributed by atoms with E-state index in [-0.39, 0.29) is 11.5 Å². The number of rotatable bonds is 5. The molecule has 3 nitrogen and oxygen atoms in total. The van der Waals surface area contributed by atoms with Crippen LogP contribution in [0.3, 0.4) is 0 Å². The van der Waals surface area contributed by atoms with Gasteiger partial charge in [0, 0.05) is 0 Å². The molecule has 34 heavy (non-hydrogen) atoms. The first kappa shape index (κ1) is 26.9. The highest BCUT2D eigenvalue weighted by Crippen LogP contribution is 2.69. The average Bonchev–Trinajstić information content (AvgIpc) is 3.08. The zero-order valence-corrected chi connectivity index (χ0v) is 23.7. The molecule has 3 heteroatoms. The van der Waals surface area contributed by atoms with E-state index in [4.69, 9.17) is 0 Å². The maximum absolute atomic E-state index is 11.3. The summed E-state index contributed by atoms with van der Waals surface area (Å²) in [5.74, 6) is 4.49. The van der Waals surface area contributed by atoms with Crippen LogP contribution in [0.1, 0.15) is 126 Å². The van der Waals surface area contributed by atoms with Crippen LogP contribution in [0.4, 0.5) is 0 Å². The second-order valence-corrected chi connectivity index (χ2v) is 15.6. The van der Waals surface area contributed by atoms with E-state index in [2.05, 4.69) is 41.5 Å². The first-order valence-corrected chi connectivity index (χ1v) is 14.7. The fourth-order valence-corrected chi connectivity index (χ4v) is 9.83. The van der Waals surface area contributed by atoms with Crippen LogP contribution in [0.15, 0.2) is 0 Å². The first-order valence-electron chi connectivity index (χ1n) is 14.7. The van der Waals surface area contributed by atoms with Gasteiger partial charge in [0.25, 0.3) is 0 Å². The number of fused-ring (bicyclic) bond motifs is 5. The van der Waals surface area contributed by atoms with E-state index < -0.39 is 11.2 Å².